The molecule has 1 aliphatic heterocycles. The fourth-order valence-electron chi connectivity index (χ4n) is 2.20. The Morgan fingerprint density at radius 3 is 2.54 bits per heavy atom. The second-order valence-electron chi connectivity index (χ2n) is 5.31. The van der Waals surface area contributed by atoms with Gasteiger partial charge < -0.3 is 5.32 Å². The lowest BCUT2D eigenvalue weighted by Crippen LogP contribution is -2.29. The minimum Gasteiger partial charge on any atom is -0.353 e. The maximum Gasteiger partial charge on any atom is 0.220 e. The van der Waals surface area contributed by atoms with Crippen LogP contribution in [0.2, 0.25) is 0 Å². The summed E-state index contributed by atoms with van der Waals surface area (Å²) in [7, 11) is 0. The zero-order valence-corrected chi connectivity index (χ0v) is 9.18. The average Bonchev–Trinajstić information content (AvgIpc) is 2.27. The fraction of sp³-hybridized carbons (Fsp3) is 0.909. The van der Waals surface area contributed by atoms with Gasteiger partial charge in [-0.2, -0.15) is 0 Å². The van der Waals surface area contributed by atoms with Crippen LogP contribution in [-0.4, -0.2) is 11.9 Å². The Bertz CT molecular complexity index is 193. The van der Waals surface area contributed by atoms with E-state index in [0.29, 0.717) is 17.4 Å². The summed E-state index contributed by atoms with van der Waals surface area (Å²) in [6.45, 7) is 8.86. The van der Waals surface area contributed by atoms with Crippen LogP contribution in [0.5, 0.6) is 0 Å². The van der Waals surface area contributed by atoms with Crippen LogP contribution in [0.15, 0.2) is 0 Å². The summed E-state index contributed by atoms with van der Waals surface area (Å²) in [6.07, 6.45) is 2.94. The molecule has 0 aromatic rings. The summed E-state index contributed by atoms with van der Waals surface area (Å²) in [5, 5.41) is 3.04. The van der Waals surface area contributed by atoms with Crippen molar-refractivity contribution in [2.24, 2.45) is 11.3 Å². The Labute approximate surface area is 81.1 Å². The molecule has 1 fully saturated rings. The number of hydrogen-bond donors (Lipinski definition) is 1. The van der Waals surface area contributed by atoms with E-state index in [9.17, 15) is 4.79 Å². The van der Waals surface area contributed by atoms with E-state index in [-0.39, 0.29) is 5.91 Å². The second kappa shape index (κ2) is 3.69. The maximum atomic E-state index is 11.2. The Balaban J connectivity index is 2.54. The molecule has 1 heterocycles. The zero-order chi connectivity index (χ0) is 10.1. The number of hydrogen-bond acceptors (Lipinski definition) is 1. The van der Waals surface area contributed by atoms with Gasteiger partial charge >= 0.3 is 0 Å². The summed E-state index contributed by atoms with van der Waals surface area (Å²) in [6, 6.07) is 0.423. The van der Waals surface area contributed by atoms with E-state index >= 15 is 0 Å². The van der Waals surface area contributed by atoms with Crippen LogP contribution in [0, 0.1) is 11.3 Å². The summed E-state index contributed by atoms with van der Waals surface area (Å²) >= 11 is 0. The molecule has 76 valence electrons. The normalized spacial score (nSPS) is 29.1. The van der Waals surface area contributed by atoms with E-state index in [2.05, 4.69) is 33.0 Å². The molecule has 1 N–H and O–H groups in total. The molecule has 1 aliphatic rings. The van der Waals surface area contributed by atoms with Gasteiger partial charge in [-0.05, 0) is 24.2 Å². The topological polar surface area (TPSA) is 29.1 Å². The van der Waals surface area contributed by atoms with Crippen molar-refractivity contribution in [2.75, 3.05) is 0 Å². The van der Waals surface area contributed by atoms with Gasteiger partial charge in [0.25, 0.3) is 0 Å². The van der Waals surface area contributed by atoms with Crippen molar-refractivity contribution in [3.05, 3.63) is 0 Å². The number of carbonyl (C=O) groups is 1. The van der Waals surface area contributed by atoms with Crippen LogP contribution in [0.4, 0.5) is 0 Å². The van der Waals surface area contributed by atoms with Crippen molar-refractivity contribution < 1.29 is 4.79 Å². The molecule has 0 aromatic carbocycles. The molecule has 0 aliphatic carbocycles. The number of amides is 1. The predicted octanol–water partition coefficient (Wildman–Crippen LogP) is 2.34. The number of rotatable bonds is 2. The third-order valence-electron chi connectivity index (χ3n) is 2.68. The van der Waals surface area contributed by atoms with Crippen LogP contribution in [0.1, 0.15) is 47.0 Å². The Hall–Kier alpha value is -0.530. The van der Waals surface area contributed by atoms with Crippen LogP contribution < -0.4 is 5.32 Å². The molecule has 1 rings (SSSR count). The molecule has 0 aromatic heterocycles. The first-order chi connectivity index (χ1) is 5.92. The lowest BCUT2D eigenvalue weighted by molar-refractivity contribution is -0.119. The van der Waals surface area contributed by atoms with Crippen molar-refractivity contribution in [1.82, 2.24) is 5.32 Å². The molecule has 0 radical (unpaired) electrons. The lowest BCUT2D eigenvalue weighted by Gasteiger charge is -2.25. The van der Waals surface area contributed by atoms with E-state index in [1.807, 2.05) is 0 Å². The van der Waals surface area contributed by atoms with Gasteiger partial charge in [-0.3, -0.25) is 4.79 Å². The smallest absolute Gasteiger partial charge is 0.220 e. The highest BCUT2D eigenvalue weighted by atomic mass is 16.1. The Kier molecular flexibility index (Phi) is 2.99. The first-order valence-electron chi connectivity index (χ1n) is 5.22. The van der Waals surface area contributed by atoms with Crippen LogP contribution in [-0.2, 0) is 4.79 Å². The highest BCUT2D eigenvalue weighted by Gasteiger charge is 2.33. The maximum absolute atomic E-state index is 11.2. The average molecular weight is 183 g/mol. The largest absolute Gasteiger partial charge is 0.353 e. The van der Waals surface area contributed by atoms with Gasteiger partial charge in [0.15, 0.2) is 0 Å². The first-order valence-corrected chi connectivity index (χ1v) is 5.22. The molecule has 0 spiro atoms. The molecule has 2 nitrogen and oxygen atoms in total. The molecule has 13 heavy (non-hydrogen) atoms. The summed E-state index contributed by atoms with van der Waals surface area (Å²) in [5.74, 6) is 0.790. The van der Waals surface area contributed by atoms with Gasteiger partial charge in [0.1, 0.15) is 0 Å². The van der Waals surface area contributed by atoms with Gasteiger partial charge in [0.2, 0.25) is 5.91 Å². The molecular weight excluding hydrogens is 162 g/mol. The third kappa shape index (κ3) is 3.02. The monoisotopic (exact) mass is 183 g/mol. The molecule has 0 saturated carbocycles. The number of nitrogens with one attached hydrogen (secondary N) is 1. The SMILES string of the molecule is CCC1NC(=O)CC1CC(C)(C)C. The quantitative estimate of drug-likeness (QED) is 0.699. The van der Waals surface area contributed by atoms with E-state index in [1.54, 1.807) is 0 Å². The second-order valence-corrected chi connectivity index (χ2v) is 5.31. The van der Waals surface area contributed by atoms with Crippen molar-refractivity contribution in [3.63, 3.8) is 0 Å². The first kappa shape index (κ1) is 10.6. The minimum atomic E-state index is 0.237. The molecule has 1 amide bonds. The summed E-state index contributed by atoms with van der Waals surface area (Å²) in [4.78, 5) is 11.2. The third-order valence-corrected chi connectivity index (χ3v) is 2.68. The van der Waals surface area contributed by atoms with E-state index in [0.717, 1.165) is 19.3 Å². The van der Waals surface area contributed by atoms with Crippen molar-refractivity contribution in [1.29, 1.82) is 0 Å². The molecule has 2 unspecified atom stereocenters. The molecule has 2 atom stereocenters. The van der Waals surface area contributed by atoms with Crippen LogP contribution in [0.25, 0.3) is 0 Å². The van der Waals surface area contributed by atoms with Crippen molar-refractivity contribution in [3.8, 4) is 0 Å². The van der Waals surface area contributed by atoms with Gasteiger partial charge in [-0.25, -0.2) is 0 Å². The van der Waals surface area contributed by atoms with E-state index < -0.39 is 0 Å². The molecule has 2 heteroatoms. The molecule has 0 bridgehead atoms. The zero-order valence-electron chi connectivity index (χ0n) is 9.18. The lowest BCUT2D eigenvalue weighted by atomic mass is 9.81. The van der Waals surface area contributed by atoms with E-state index in [1.165, 1.54) is 0 Å². The minimum absolute atomic E-state index is 0.237. The predicted molar refractivity (Wildman–Crippen MR) is 54.4 cm³/mol. The fourth-order valence-corrected chi connectivity index (χ4v) is 2.20. The Morgan fingerprint density at radius 2 is 2.08 bits per heavy atom. The standard InChI is InChI=1S/C11H21NO/c1-5-9-8(6-10(13)12-9)7-11(2,3)4/h8-9H,5-7H2,1-4H3,(H,12,13). The van der Waals surface area contributed by atoms with Gasteiger partial charge in [0, 0.05) is 12.5 Å². The highest BCUT2D eigenvalue weighted by Crippen LogP contribution is 2.32. The molecule has 1 saturated heterocycles. The number of carbonyl (C=O) groups excluding carboxylic acids is 1. The van der Waals surface area contributed by atoms with Crippen molar-refractivity contribution >= 4 is 5.91 Å². The van der Waals surface area contributed by atoms with E-state index in [4.69, 9.17) is 0 Å². The summed E-state index contributed by atoms with van der Waals surface area (Å²) < 4.78 is 0. The van der Waals surface area contributed by atoms with Gasteiger partial charge in [0.05, 0.1) is 0 Å². The Morgan fingerprint density at radius 1 is 1.46 bits per heavy atom. The van der Waals surface area contributed by atoms with Gasteiger partial charge in [-0.15, -0.1) is 0 Å². The molecular formula is C11H21NO. The highest BCUT2D eigenvalue weighted by molar-refractivity contribution is 5.79. The van der Waals surface area contributed by atoms with Gasteiger partial charge in [-0.1, -0.05) is 27.7 Å². The van der Waals surface area contributed by atoms with Crippen LogP contribution in [0.3, 0.4) is 0 Å². The van der Waals surface area contributed by atoms with Crippen molar-refractivity contribution in [2.45, 2.75) is 53.0 Å². The van der Waals surface area contributed by atoms with Crippen LogP contribution >= 0.6 is 0 Å². The summed E-state index contributed by atoms with van der Waals surface area (Å²) in [5.41, 5.74) is 0.338.